The molecule has 0 amide bonds. The molecule has 2 aromatic carbocycles. The largest absolute Gasteiger partial charge is 0.494 e. The van der Waals surface area contributed by atoms with Crippen molar-refractivity contribution in [2.24, 2.45) is 9.98 Å². The van der Waals surface area contributed by atoms with Crippen LogP contribution >= 0.6 is 24.4 Å². The van der Waals surface area contributed by atoms with Crippen molar-refractivity contribution in [2.45, 2.75) is 0 Å². The van der Waals surface area contributed by atoms with Crippen LogP contribution in [0.2, 0.25) is 0 Å². The number of nitrogens with one attached hydrogen (secondary N) is 4. The van der Waals surface area contributed by atoms with E-state index in [0.717, 1.165) is 11.1 Å². The Balaban J connectivity index is 1.50. The van der Waals surface area contributed by atoms with Gasteiger partial charge in [0.15, 0.2) is 9.54 Å². The lowest BCUT2D eigenvalue weighted by Crippen LogP contribution is -2.13. The number of rotatable bonds is 5. The minimum atomic E-state index is -0.542. The predicted molar refractivity (Wildman–Crippen MR) is 134 cm³/mol. The lowest BCUT2D eigenvalue weighted by Gasteiger charge is -2.03. The predicted octanol–water partition coefficient (Wildman–Crippen LogP) is 3.76. The lowest BCUT2D eigenvalue weighted by atomic mass is 10.1. The second kappa shape index (κ2) is 9.60. The second-order valence-corrected chi connectivity index (χ2v) is 7.77. The fourth-order valence-electron chi connectivity index (χ4n) is 2.97. The monoisotopic (exact) mass is 492 g/mol. The third kappa shape index (κ3) is 5.14. The van der Waals surface area contributed by atoms with Crippen molar-refractivity contribution in [1.29, 1.82) is 0 Å². The van der Waals surface area contributed by atoms with Gasteiger partial charge in [-0.2, -0.15) is 0 Å². The van der Waals surface area contributed by atoms with Crippen LogP contribution < -0.4 is 11.1 Å². The van der Waals surface area contributed by atoms with Crippen LogP contribution in [0.5, 0.6) is 11.8 Å². The van der Waals surface area contributed by atoms with Gasteiger partial charge in [-0.05, 0) is 59.8 Å². The number of benzene rings is 2. The molecule has 2 heterocycles. The van der Waals surface area contributed by atoms with E-state index in [-0.39, 0.29) is 32.4 Å². The van der Waals surface area contributed by atoms with E-state index in [4.69, 9.17) is 24.4 Å². The molecule has 0 radical (unpaired) electrons. The summed E-state index contributed by atoms with van der Waals surface area (Å²) in [6, 6.07) is 14.5. The molecule has 4 aromatic rings. The van der Waals surface area contributed by atoms with Gasteiger partial charge in [-0.3, -0.25) is 29.5 Å². The summed E-state index contributed by atoms with van der Waals surface area (Å²) in [5.41, 5.74) is 1.87. The Labute approximate surface area is 201 Å². The van der Waals surface area contributed by atoms with Crippen molar-refractivity contribution in [3.8, 4) is 22.9 Å². The molecular weight excluding hydrogens is 476 g/mol. The van der Waals surface area contributed by atoms with Crippen LogP contribution in [0.1, 0.15) is 11.1 Å². The van der Waals surface area contributed by atoms with Crippen LogP contribution in [0, 0.1) is 9.54 Å². The van der Waals surface area contributed by atoms with Crippen molar-refractivity contribution in [3.05, 3.63) is 89.9 Å². The van der Waals surface area contributed by atoms with E-state index < -0.39 is 11.1 Å². The van der Waals surface area contributed by atoms with Crippen LogP contribution in [0.25, 0.3) is 11.1 Å². The molecule has 0 aliphatic rings. The highest BCUT2D eigenvalue weighted by molar-refractivity contribution is 7.71. The summed E-state index contributed by atoms with van der Waals surface area (Å²) in [6.45, 7) is 0. The number of nitrogens with zero attached hydrogens (tertiary/aromatic N) is 2. The third-order valence-corrected chi connectivity index (χ3v) is 5.08. The summed E-state index contributed by atoms with van der Waals surface area (Å²) in [5.74, 6) is -0.709. The molecule has 0 aliphatic heterocycles. The Bertz CT molecular complexity index is 1520. The highest BCUT2D eigenvalue weighted by Crippen LogP contribution is 2.25. The molecule has 0 aliphatic carbocycles. The van der Waals surface area contributed by atoms with Crippen molar-refractivity contribution >= 4 is 48.2 Å². The lowest BCUT2D eigenvalue weighted by molar-refractivity contribution is 0.448. The molecule has 0 atom stereocenters. The Kier molecular flexibility index (Phi) is 6.43. The molecule has 34 heavy (non-hydrogen) atoms. The standard InChI is InChI=1S/C22H16N6O4S2/c29-17-15(18(30)26-21(33)25-17)9-23-13-5-1-11(2-6-13)12-3-7-14(8-4-12)24-10-16-19(31)27-22(34)28-20(16)32/h1-10H,(H3,25,26,29,30,33)(H3,27,28,31,32,34). The minimum absolute atomic E-state index is 0.0251. The normalized spacial score (nSPS) is 11.4. The number of aromatic nitrogens is 4. The zero-order chi connectivity index (χ0) is 24.2. The van der Waals surface area contributed by atoms with Crippen LogP contribution in [0.15, 0.2) is 68.1 Å². The molecule has 4 rings (SSSR count). The smallest absolute Gasteiger partial charge is 0.264 e. The topological polar surface area (TPSA) is 162 Å². The van der Waals surface area contributed by atoms with Crippen LogP contribution in [0.3, 0.4) is 0 Å². The Morgan fingerprint density at radius 3 is 1.29 bits per heavy atom. The quantitative estimate of drug-likeness (QED) is 0.184. The first-order valence-corrected chi connectivity index (χ1v) is 10.5. The number of hydrogen-bond acceptors (Lipinski definition) is 8. The van der Waals surface area contributed by atoms with Crippen LogP contribution in [-0.2, 0) is 0 Å². The maximum atomic E-state index is 11.9. The van der Waals surface area contributed by atoms with Crippen LogP contribution in [-0.4, -0.2) is 42.6 Å². The van der Waals surface area contributed by atoms with Gasteiger partial charge in [-0.25, -0.2) is 0 Å². The molecule has 0 saturated carbocycles. The van der Waals surface area contributed by atoms with E-state index in [0.29, 0.717) is 11.4 Å². The zero-order valence-corrected chi connectivity index (χ0v) is 18.8. The number of H-pyrrole nitrogens is 4. The highest BCUT2D eigenvalue weighted by Gasteiger charge is 2.06. The van der Waals surface area contributed by atoms with E-state index in [1.54, 1.807) is 24.3 Å². The van der Waals surface area contributed by atoms with Crippen LogP contribution in [0.4, 0.5) is 11.4 Å². The maximum Gasteiger partial charge on any atom is 0.264 e. The van der Waals surface area contributed by atoms with Gasteiger partial charge in [-0.1, -0.05) is 24.3 Å². The molecule has 0 unspecified atom stereocenters. The number of hydrogen-bond donors (Lipinski definition) is 6. The van der Waals surface area contributed by atoms with Gasteiger partial charge >= 0.3 is 0 Å². The van der Waals surface area contributed by atoms with E-state index in [2.05, 4.69) is 29.9 Å². The van der Waals surface area contributed by atoms with Gasteiger partial charge in [0.1, 0.15) is 11.1 Å². The summed E-state index contributed by atoms with van der Waals surface area (Å²) in [5, 5.41) is 19.7. The van der Waals surface area contributed by atoms with Crippen molar-refractivity contribution in [1.82, 2.24) is 19.9 Å². The molecular formula is C22H16N6O4S2. The Hall–Kier alpha value is -4.42. The maximum absolute atomic E-state index is 11.9. The minimum Gasteiger partial charge on any atom is -0.494 e. The van der Waals surface area contributed by atoms with Crippen molar-refractivity contribution in [3.63, 3.8) is 0 Å². The average molecular weight is 493 g/mol. The first-order valence-electron chi connectivity index (χ1n) is 9.70. The third-order valence-electron chi connectivity index (χ3n) is 4.67. The Morgan fingerprint density at radius 1 is 0.618 bits per heavy atom. The molecule has 6 N–H and O–H groups in total. The molecule has 0 saturated heterocycles. The van der Waals surface area contributed by atoms with Crippen molar-refractivity contribution in [2.75, 3.05) is 0 Å². The molecule has 0 fully saturated rings. The zero-order valence-electron chi connectivity index (χ0n) is 17.2. The van der Waals surface area contributed by atoms with Gasteiger partial charge in [0, 0.05) is 12.4 Å². The number of aliphatic imine (C=N–C) groups is 2. The van der Waals surface area contributed by atoms with Gasteiger partial charge < -0.3 is 20.2 Å². The molecule has 10 nitrogen and oxygen atoms in total. The summed E-state index contributed by atoms with van der Waals surface area (Å²) in [7, 11) is 0. The summed E-state index contributed by atoms with van der Waals surface area (Å²) < 4.78 is 0.0502. The molecule has 170 valence electrons. The average Bonchev–Trinajstić information content (AvgIpc) is 2.78. The highest BCUT2D eigenvalue weighted by atomic mass is 32.1. The molecule has 0 bridgehead atoms. The van der Waals surface area contributed by atoms with E-state index in [9.17, 15) is 19.8 Å². The Morgan fingerprint density at radius 2 is 0.971 bits per heavy atom. The molecule has 12 heteroatoms. The molecule has 2 aromatic heterocycles. The summed E-state index contributed by atoms with van der Waals surface area (Å²) >= 11 is 9.59. The van der Waals surface area contributed by atoms with Gasteiger partial charge in [-0.15, -0.1) is 0 Å². The number of aromatic hydroxyl groups is 2. The van der Waals surface area contributed by atoms with Gasteiger partial charge in [0.25, 0.3) is 11.1 Å². The fraction of sp³-hybridized carbons (Fsp3) is 0. The number of aromatic amines is 4. The molecule has 0 spiro atoms. The fourth-order valence-corrected chi connectivity index (χ4v) is 3.34. The second-order valence-electron chi connectivity index (χ2n) is 6.95. The van der Waals surface area contributed by atoms with Gasteiger partial charge in [0.2, 0.25) is 11.8 Å². The van der Waals surface area contributed by atoms with Crippen molar-refractivity contribution < 1.29 is 10.2 Å². The van der Waals surface area contributed by atoms with E-state index >= 15 is 0 Å². The first kappa shape index (κ1) is 22.8. The summed E-state index contributed by atoms with van der Waals surface area (Å²) in [6.07, 6.45) is 2.51. The summed E-state index contributed by atoms with van der Waals surface area (Å²) in [4.78, 5) is 41.9. The SMILES string of the molecule is O=c1[nH]c(=S)[nH]c(O)c1C=Nc1ccc(-c2ccc(N=Cc3c(O)[nH]c(=S)[nH]c3=O)cc2)cc1. The van der Waals surface area contributed by atoms with Gasteiger partial charge in [0.05, 0.1) is 11.4 Å². The van der Waals surface area contributed by atoms with E-state index in [1.165, 1.54) is 12.4 Å². The van der Waals surface area contributed by atoms with E-state index in [1.807, 2.05) is 24.3 Å². The first-order chi connectivity index (χ1) is 16.3.